The average Bonchev–Trinajstić information content (AvgIpc) is 2.69. The molecule has 0 saturated carbocycles. The second kappa shape index (κ2) is 10.3. The van der Waals surface area contributed by atoms with E-state index in [0.717, 1.165) is 16.5 Å². The highest BCUT2D eigenvalue weighted by Crippen LogP contribution is 2.31. The minimum atomic E-state index is -0.469. The fraction of sp³-hybridized carbons (Fsp3) is 0.364. The molecule has 2 aromatic carbocycles. The van der Waals surface area contributed by atoms with Gasteiger partial charge in [-0.2, -0.15) is 0 Å². The van der Waals surface area contributed by atoms with Crippen molar-refractivity contribution in [2.75, 3.05) is 13.2 Å². The Morgan fingerprint density at radius 2 is 1.79 bits per heavy atom. The summed E-state index contributed by atoms with van der Waals surface area (Å²) in [5.74, 6) is 0.262. The molecule has 0 aliphatic rings. The van der Waals surface area contributed by atoms with E-state index in [1.54, 1.807) is 24.3 Å². The minimum Gasteiger partial charge on any atom is -0.494 e. The van der Waals surface area contributed by atoms with Crippen LogP contribution in [0, 0.1) is 0 Å². The molecule has 0 spiro atoms. The number of carbonyl (C=O) groups is 2. The molecule has 2 rings (SSSR count). The van der Waals surface area contributed by atoms with Gasteiger partial charge in [-0.25, -0.2) is 0 Å². The van der Waals surface area contributed by atoms with E-state index < -0.39 is 11.8 Å². The zero-order chi connectivity index (χ0) is 21.4. The fourth-order valence-corrected chi connectivity index (χ4v) is 2.90. The SMILES string of the molecule is CCCOc1cccc(C(=O)NNC(=O)COc2ccc(C(C)(C)C)cc2Br)c1. The molecule has 6 nitrogen and oxygen atoms in total. The van der Waals surface area contributed by atoms with Crippen molar-refractivity contribution < 1.29 is 19.1 Å². The molecule has 0 aliphatic carbocycles. The molecule has 0 radical (unpaired) electrons. The number of nitrogens with one attached hydrogen (secondary N) is 2. The third kappa shape index (κ3) is 7.09. The second-order valence-corrected chi connectivity index (χ2v) is 8.42. The van der Waals surface area contributed by atoms with Crippen LogP contribution in [0.2, 0.25) is 0 Å². The first kappa shape index (κ1) is 22.7. The number of ether oxygens (including phenoxy) is 2. The molecule has 156 valence electrons. The fourth-order valence-electron chi connectivity index (χ4n) is 2.41. The van der Waals surface area contributed by atoms with Gasteiger partial charge in [-0.3, -0.25) is 20.4 Å². The van der Waals surface area contributed by atoms with Gasteiger partial charge >= 0.3 is 0 Å². The van der Waals surface area contributed by atoms with Gasteiger partial charge in [-0.05, 0) is 63.7 Å². The Kier molecular flexibility index (Phi) is 8.08. The van der Waals surface area contributed by atoms with Crippen molar-refractivity contribution in [3.05, 3.63) is 58.1 Å². The molecule has 0 fully saturated rings. The minimum absolute atomic E-state index is 0.0155. The van der Waals surface area contributed by atoms with Gasteiger partial charge < -0.3 is 9.47 Å². The molecular weight excluding hydrogens is 436 g/mol. The smallest absolute Gasteiger partial charge is 0.276 e. The van der Waals surface area contributed by atoms with Crippen LogP contribution in [0.5, 0.6) is 11.5 Å². The summed E-state index contributed by atoms with van der Waals surface area (Å²) < 4.78 is 11.8. The first-order chi connectivity index (χ1) is 13.7. The van der Waals surface area contributed by atoms with Gasteiger partial charge in [0, 0.05) is 5.56 Å². The van der Waals surface area contributed by atoms with E-state index in [2.05, 4.69) is 47.6 Å². The molecule has 0 aliphatic heterocycles. The van der Waals surface area contributed by atoms with Crippen LogP contribution >= 0.6 is 15.9 Å². The van der Waals surface area contributed by atoms with Crippen molar-refractivity contribution in [2.24, 2.45) is 0 Å². The monoisotopic (exact) mass is 462 g/mol. The van der Waals surface area contributed by atoms with Gasteiger partial charge in [0.25, 0.3) is 11.8 Å². The molecule has 0 atom stereocenters. The number of rotatable bonds is 7. The van der Waals surface area contributed by atoms with Crippen molar-refractivity contribution in [2.45, 2.75) is 39.5 Å². The highest BCUT2D eigenvalue weighted by Gasteiger charge is 2.16. The quantitative estimate of drug-likeness (QED) is 0.598. The van der Waals surface area contributed by atoms with Gasteiger partial charge in [0.05, 0.1) is 11.1 Å². The molecule has 2 N–H and O–H groups in total. The molecule has 0 unspecified atom stereocenters. The Labute approximate surface area is 180 Å². The predicted octanol–water partition coefficient (Wildman–Crippen LogP) is 4.38. The summed E-state index contributed by atoms with van der Waals surface area (Å²) in [6, 6.07) is 12.5. The van der Waals surface area contributed by atoms with E-state index in [-0.39, 0.29) is 12.0 Å². The molecule has 7 heteroatoms. The Morgan fingerprint density at radius 1 is 1.03 bits per heavy atom. The number of carbonyl (C=O) groups excluding carboxylic acids is 2. The summed E-state index contributed by atoms with van der Waals surface area (Å²) >= 11 is 3.47. The van der Waals surface area contributed by atoms with Gasteiger partial charge in [-0.15, -0.1) is 0 Å². The number of amides is 2. The summed E-state index contributed by atoms with van der Waals surface area (Å²) in [5, 5.41) is 0. The van der Waals surface area contributed by atoms with Crippen molar-refractivity contribution in [3.8, 4) is 11.5 Å². The lowest BCUT2D eigenvalue weighted by Gasteiger charge is -2.20. The highest BCUT2D eigenvalue weighted by atomic mass is 79.9. The lowest BCUT2D eigenvalue weighted by atomic mass is 9.87. The molecule has 0 bridgehead atoms. The van der Waals surface area contributed by atoms with Crippen LogP contribution in [-0.4, -0.2) is 25.0 Å². The van der Waals surface area contributed by atoms with Crippen molar-refractivity contribution in [1.82, 2.24) is 10.9 Å². The van der Waals surface area contributed by atoms with E-state index in [1.807, 2.05) is 25.1 Å². The van der Waals surface area contributed by atoms with E-state index in [9.17, 15) is 9.59 Å². The standard InChI is InChI=1S/C22H27BrN2O4/c1-5-11-28-17-8-6-7-15(12-17)21(27)25-24-20(26)14-29-19-10-9-16(13-18(19)23)22(2,3)4/h6-10,12-13H,5,11,14H2,1-4H3,(H,24,26)(H,25,27). The summed E-state index contributed by atoms with van der Waals surface area (Å²) in [7, 11) is 0. The third-order valence-corrected chi connectivity index (χ3v) is 4.66. The lowest BCUT2D eigenvalue weighted by Crippen LogP contribution is -2.43. The Morgan fingerprint density at radius 3 is 2.45 bits per heavy atom. The second-order valence-electron chi connectivity index (χ2n) is 7.56. The first-order valence-electron chi connectivity index (χ1n) is 9.45. The molecule has 0 heterocycles. The van der Waals surface area contributed by atoms with E-state index in [1.165, 1.54) is 0 Å². The van der Waals surface area contributed by atoms with E-state index in [4.69, 9.17) is 9.47 Å². The maximum absolute atomic E-state index is 12.2. The number of hydrogen-bond donors (Lipinski definition) is 2. The summed E-state index contributed by atoms with van der Waals surface area (Å²) in [6.45, 7) is 8.72. The van der Waals surface area contributed by atoms with Crippen molar-refractivity contribution >= 4 is 27.7 Å². The van der Waals surface area contributed by atoms with E-state index in [0.29, 0.717) is 23.7 Å². The Balaban J connectivity index is 1.85. The summed E-state index contributed by atoms with van der Waals surface area (Å²) in [5.41, 5.74) is 6.28. The van der Waals surface area contributed by atoms with Crippen molar-refractivity contribution in [3.63, 3.8) is 0 Å². The van der Waals surface area contributed by atoms with Crippen LogP contribution < -0.4 is 20.3 Å². The zero-order valence-corrected chi connectivity index (χ0v) is 18.8. The molecule has 0 saturated heterocycles. The van der Waals surface area contributed by atoms with Crippen LogP contribution in [0.15, 0.2) is 46.9 Å². The molecule has 0 aromatic heterocycles. The molecular formula is C22H27BrN2O4. The van der Waals surface area contributed by atoms with Crippen LogP contribution in [-0.2, 0) is 10.2 Å². The van der Waals surface area contributed by atoms with E-state index >= 15 is 0 Å². The van der Waals surface area contributed by atoms with Gasteiger partial charge in [0.1, 0.15) is 11.5 Å². The van der Waals surface area contributed by atoms with Crippen LogP contribution in [0.4, 0.5) is 0 Å². The first-order valence-corrected chi connectivity index (χ1v) is 10.2. The zero-order valence-electron chi connectivity index (χ0n) is 17.2. The number of hydrazine groups is 1. The summed E-state index contributed by atoms with van der Waals surface area (Å²) in [6.07, 6.45) is 0.877. The number of hydrogen-bond acceptors (Lipinski definition) is 4. The van der Waals surface area contributed by atoms with Gasteiger partial charge in [-0.1, -0.05) is 39.8 Å². The summed E-state index contributed by atoms with van der Waals surface area (Å²) in [4.78, 5) is 24.2. The van der Waals surface area contributed by atoms with Gasteiger partial charge in [0.2, 0.25) is 0 Å². The van der Waals surface area contributed by atoms with Crippen LogP contribution in [0.3, 0.4) is 0 Å². The maximum Gasteiger partial charge on any atom is 0.276 e. The molecule has 2 amide bonds. The Bertz CT molecular complexity index is 862. The van der Waals surface area contributed by atoms with Crippen LogP contribution in [0.25, 0.3) is 0 Å². The molecule has 2 aromatic rings. The predicted molar refractivity (Wildman–Crippen MR) is 116 cm³/mol. The largest absolute Gasteiger partial charge is 0.494 e. The third-order valence-electron chi connectivity index (χ3n) is 4.04. The highest BCUT2D eigenvalue weighted by molar-refractivity contribution is 9.10. The number of benzene rings is 2. The average molecular weight is 463 g/mol. The Hall–Kier alpha value is -2.54. The topological polar surface area (TPSA) is 76.7 Å². The van der Waals surface area contributed by atoms with Gasteiger partial charge in [0.15, 0.2) is 6.61 Å². The maximum atomic E-state index is 12.2. The number of halogens is 1. The normalized spacial score (nSPS) is 10.9. The molecule has 29 heavy (non-hydrogen) atoms. The van der Waals surface area contributed by atoms with Crippen molar-refractivity contribution in [1.29, 1.82) is 0 Å². The van der Waals surface area contributed by atoms with Crippen LogP contribution in [0.1, 0.15) is 50.0 Å². The lowest BCUT2D eigenvalue weighted by molar-refractivity contribution is -0.123.